The minimum absolute atomic E-state index is 0.101. The average Bonchev–Trinajstić information content (AvgIpc) is 2.50. The van der Waals surface area contributed by atoms with E-state index in [4.69, 9.17) is 0 Å². The first-order valence-corrected chi connectivity index (χ1v) is 8.43. The summed E-state index contributed by atoms with van der Waals surface area (Å²) in [6.07, 6.45) is -7.77. The van der Waals surface area contributed by atoms with Crippen LogP contribution in [0.3, 0.4) is 0 Å². The average molecular weight is 629 g/mol. The zero-order chi connectivity index (χ0) is 26.8. The Morgan fingerprint density at radius 2 is 0.719 bits per heavy atom. The van der Waals surface area contributed by atoms with Gasteiger partial charge in [0.25, 0.3) is 0 Å². The molecular formula is C13H9F17IN. The van der Waals surface area contributed by atoms with Gasteiger partial charge in [-0.25, -0.2) is 0 Å². The Hall–Kier alpha value is -0.790. The van der Waals surface area contributed by atoms with Crippen molar-refractivity contribution in [2.75, 3.05) is 0 Å². The summed E-state index contributed by atoms with van der Waals surface area (Å²) >= 11 is 0.101. The van der Waals surface area contributed by atoms with Crippen LogP contribution in [0.5, 0.6) is 0 Å². The fourth-order valence-corrected chi connectivity index (χ4v) is 2.72. The van der Waals surface area contributed by atoms with Crippen molar-refractivity contribution < 1.29 is 74.6 Å². The predicted octanol–water partition coefficient (Wildman–Crippen LogP) is 7.63. The van der Waals surface area contributed by atoms with Gasteiger partial charge in [-0.1, -0.05) is 0 Å². The molecule has 0 amide bonds. The van der Waals surface area contributed by atoms with Gasteiger partial charge in [-0.15, -0.1) is 0 Å². The lowest BCUT2D eigenvalue weighted by molar-refractivity contribution is -0.458. The van der Waals surface area contributed by atoms with E-state index in [1.54, 1.807) is 0 Å². The third kappa shape index (κ3) is 4.34. The number of hydrogen-bond donors (Lipinski definition) is 0. The molecule has 0 aliphatic heterocycles. The number of halogens is 18. The smallest absolute Gasteiger partial charge is 0.271 e. The first-order valence-electron chi connectivity index (χ1n) is 7.35. The van der Waals surface area contributed by atoms with E-state index in [9.17, 15) is 74.6 Å². The lowest BCUT2D eigenvalue weighted by Gasteiger charge is -2.42. The summed E-state index contributed by atoms with van der Waals surface area (Å²) in [6.45, 7) is 2.63. The van der Waals surface area contributed by atoms with Gasteiger partial charge in [-0.05, 0) is 43.4 Å². The molecule has 0 aromatic carbocycles. The van der Waals surface area contributed by atoms with Crippen LogP contribution in [0.25, 0.3) is 0 Å². The topological polar surface area (TPSA) is 12.4 Å². The van der Waals surface area contributed by atoms with Crippen molar-refractivity contribution >= 4 is 26.3 Å². The maximum Gasteiger partial charge on any atom is 0.460 e. The quantitative estimate of drug-likeness (QED) is 0.156. The van der Waals surface area contributed by atoms with Gasteiger partial charge in [0.1, 0.15) is 3.72 Å². The van der Waals surface area contributed by atoms with Crippen molar-refractivity contribution in [3.63, 3.8) is 0 Å². The Labute approximate surface area is 180 Å². The first-order chi connectivity index (χ1) is 13.4. The molecule has 19 heteroatoms. The zero-order valence-electron chi connectivity index (χ0n) is 15.3. The predicted molar refractivity (Wildman–Crippen MR) is 81.9 cm³/mol. The maximum absolute atomic E-state index is 13.8. The normalized spacial score (nSPS) is 17.1. The fourth-order valence-electron chi connectivity index (χ4n) is 1.66. The van der Waals surface area contributed by atoms with Crippen molar-refractivity contribution in [3.8, 4) is 0 Å². The SMILES string of the molecule is CC(C)(C)N=C(I)C(F)(F)C(F)(F)C(F)(F)C(F)(F)C(F)(F)C(F)(F)C(F)(F)C(F)(F)F. The summed E-state index contributed by atoms with van der Waals surface area (Å²) in [5.74, 6) is -56.6. The Morgan fingerprint density at radius 1 is 0.469 bits per heavy atom. The molecule has 0 radical (unpaired) electrons. The van der Waals surface area contributed by atoms with Gasteiger partial charge < -0.3 is 0 Å². The minimum atomic E-state index is -8.63. The van der Waals surface area contributed by atoms with Crippen LogP contribution < -0.4 is 0 Å². The highest BCUT2D eigenvalue weighted by atomic mass is 127. The molecule has 0 aromatic rings. The van der Waals surface area contributed by atoms with E-state index in [2.05, 4.69) is 4.99 Å². The maximum atomic E-state index is 13.8. The standard InChI is InChI=1S/C13H9F17IN/c1-5(2,3)32-4(31)6(14,15)7(16,17)8(18,19)9(20,21)10(22,23)11(24,25)12(26,27)13(28,29)30/h1-3H3. The molecule has 0 bridgehead atoms. The van der Waals surface area contributed by atoms with E-state index < -0.39 is 56.9 Å². The van der Waals surface area contributed by atoms with E-state index in [0.29, 0.717) is 0 Å². The third-order valence-electron chi connectivity index (χ3n) is 3.41. The van der Waals surface area contributed by atoms with Crippen molar-refractivity contribution in [2.24, 2.45) is 4.99 Å². The summed E-state index contributed by atoms with van der Waals surface area (Å²) in [6, 6.07) is 0. The van der Waals surface area contributed by atoms with Gasteiger partial charge >= 0.3 is 47.6 Å². The van der Waals surface area contributed by atoms with Crippen LogP contribution in [0.1, 0.15) is 20.8 Å². The van der Waals surface area contributed by atoms with Crippen LogP contribution in [0.4, 0.5) is 74.6 Å². The molecule has 0 atom stereocenters. The Balaban J connectivity index is 6.89. The molecule has 0 unspecified atom stereocenters. The van der Waals surface area contributed by atoms with Gasteiger partial charge in [0.2, 0.25) is 0 Å². The number of hydrogen-bond acceptors (Lipinski definition) is 1. The summed E-state index contributed by atoms with van der Waals surface area (Å²) in [5, 5.41) is 0. The van der Waals surface area contributed by atoms with Crippen LogP contribution in [0.15, 0.2) is 4.99 Å². The van der Waals surface area contributed by atoms with E-state index in [-0.39, 0.29) is 22.6 Å². The van der Waals surface area contributed by atoms with E-state index in [0.717, 1.165) is 20.8 Å². The molecule has 1 nitrogen and oxygen atoms in total. The highest BCUT2D eigenvalue weighted by Crippen LogP contribution is 2.64. The molecule has 0 heterocycles. The number of nitrogens with zero attached hydrogens (tertiary/aromatic N) is 1. The molecule has 0 N–H and O–H groups in total. The Morgan fingerprint density at radius 3 is 0.969 bits per heavy atom. The summed E-state index contributed by atoms with van der Waals surface area (Å²) in [5.41, 5.74) is -1.81. The van der Waals surface area contributed by atoms with Crippen LogP contribution in [0, 0.1) is 0 Å². The lowest BCUT2D eigenvalue weighted by Crippen LogP contribution is -2.74. The monoisotopic (exact) mass is 629 g/mol. The van der Waals surface area contributed by atoms with Crippen molar-refractivity contribution in [3.05, 3.63) is 0 Å². The number of aliphatic imine (C=N–C) groups is 1. The molecule has 0 fully saturated rings. The molecule has 0 rings (SSSR count). The molecule has 32 heavy (non-hydrogen) atoms. The fraction of sp³-hybridized carbons (Fsp3) is 0.923. The summed E-state index contributed by atoms with van der Waals surface area (Å²) in [4.78, 5) is 2.72. The summed E-state index contributed by atoms with van der Waals surface area (Å²) < 4.78 is 221. The van der Waals surface area contributed by atoms with Crippen molar-refractivity contribution in [2.45, 2.75) is 73.9 Å². The van der Waals surface area contributed by atoms with E-state index in [1.165, 1.54) is 0 Å². The highest BCUT2D eigenvalue weighted by Gasteiger charge is 2.95. The molecule has 0 aliphatic carbocycles. The van der Waals surface area contributed by atoms with Gasteiger partial charge in [0.15, 0.2) is 0 Å². The van der Waals surface area contributed by atoms with E-state index in [1.807, 2.05) is 0 Å². The third-order valence-corrected chi connectivity index (χ3v) is 4.33. The van der Waals surface area contributed by atoms with Crippen molar-refractivity contribution in [1.82, 2.24) is 0 Å². The van der Waals surface area contributed by atoms with Gasteiger partial charge in [-0.2, -0.15) is 74.6 Å². The largest absolute Gasteiger partial charge is 0.460 e. The van der Waals surface area contributed by atoms with Gasteiger partial charge in [0.05, 0.1) is 5.54 Å². The first kappa shape index (κ1) is 31.2. The second-order valence-corrected chi connectivity index (χ2v) is 8.11. The molecule has 0 saturated heterocycles. The minimum Gasteiger partial charge on any atom is -0.271 e. The molecule has 0 saturated carbocycles. The zero-order valence-corrected chi connectivity index (χ0v) is 17.4. The molecule has 0 aliphatic rings. The number of rotatable bonds is 7. The number of alkyl halides is 17. The van der Waals surface area contributed by atoms with Crippen molar-refractivity contribution in [1.29, 1.82) is 0 Å². The molecule has 0 spiro atoms. The highest BCUT2D eigenvalue weighted by molar-refractivity contribution is 14.1. The Bertz CT molecular complexity index is 728. The van der Waals surface area contributed by atoms with Crippen LogP contribution in [0.2, 0.25) is 0 Å². The van der Waals surface area contributed by atoms with E-state index >= 15 is 0 Å². The lowest BCUT2D eigenvalue weighted by atomic mass is 9.89. The molecule has 0 aromatic heterocycles. The van der Waals surface area contributed by atoms with Gasteiger partial charge in [-0.3, -0.25) is 4.99 Å². The Kier molecular flexibility index (Phi) is 7.68. The molecular weight excluding hydrogens is 620 g/mol. The van der Waals surface area contributed by atoms with Gasteiger partial charge in [0, 0.05) is 0 Å². The second-order valence-electron chi connectivity index (χ2n) is 7.09. The van der Waals surface area contributed by atoms with Crippen LogP contribution in [-0.4, -0.2) is 56.9 Å². The van der Waals surface area contributed by atoms with Crippen LogP contribution in [-0.2, 0) is 0 Å². The second kappa shape index (κ2) is 7.88. The summed E-state index contributed by atoms with van der Waals surface area (Å²) in [7, 11) is 0. The molecule has 192 valence electrons. The van der Waals surface area contributed by atoms with Crippen LogP contribution >= 0.6 is 22.6 Å².